The maximum absolute atomic E-state index is 12.1. The summed E-state index contributed by atoms with van der Waals surface area (Å²) in [5.74, 6) is 1.41. The van der Waals surface area contributed by atoms with E-state index in [9.17, 15) is 4.79 Å². The van der Waals surface area contributed by atoms with Gasteiger partial charge in [0.15, 0.2) is 0 Å². The third-order valence-corrected chi connectivity index (χ3v) is 4.11. The van der Waals surface area contributed by atoms with E-state index in [0.717, 1.165) is 16.3 Å². The Kier molecular flexibility index (Phi) is 5.89. The molecule has 0 aliphatic carbocycles. The van der Waals surface area contributed by atoms with Gasteiger partial charge in [-0.2, -0.15) is 0 Å². The van der Waals surface area contributed by atoms with Crippen LogP contribution in [-0.2, 0) is 11.3 Å². The summed E-state index contributed by atoms with van der Waals surface area (Å²) in [5.41, 5.74) is 1.20. The molecule has 0 unspecified atom stereocenters. The standard InChI is InChI=1S/C18H24N2O4S/c1-18(2,3)24-17(21)20(4)10-16-19-15(11-25-16)12-7-13(22-5)9-14(8-12)23-6/h7-9,11H,10H2,1-6H3. The summed E-state index contributed by atoms with van der Waals surface area (Å²) in [6.07, 6.45) is -0.368. The minimum absolute atomic E-state index is 0.368. The van der Waals surface area contributed by atoms with E-state index in [4.69, 9.17) is 14.2 Å². The van der Waals surface area contributed by atoms with Crippen LogP contribution in [0.3, 0.4) is 0 Å². The second-order valence-electron chi connectivity index (χ2n) is 6.56. The third kappa shape index (κ3) is 5.35. The molecule has 0 aliphatic heterocycles. The molecule has 0 aliphatic rings. The molecule has 136 valence electrons. The van der Waals surface area contributed by atoms with Gasteiger partial charge in [-0.05, 0) is 32.9 Å². The number of benzene rings is 1. The van der Waals surface area contributed by atoms with Crippen molar-refractivity contribution in [1.29, 1.82) is 0 Å². The number of rotatable bonds is 5. The monoisotopic (exact) mass is 364 g/mol. The summed E-state index contributed by atoms with van der Waals surface area (Å²) in [6.45, 7) is 5.92. The Morgan fingerprint density at radius 3 is 2.28 bits per heavy atom. The number of aromatic nitrogens is 1. The second kappa shape index (κ2) is 7.74. The summed E-state index contributed by atoms with van der Waals surface area (Å²) >= 11 is 1.49. The van der Waals surface area contributed by atoms with Crippen LogP contribution in [-0.4, -0.2) is 42.8 Å². The summed E-state index contributed by atoms with van der Waals surface area (Å²) in [7, 11) is 4.92. The van der Waals surface area contributed by atoms with Gasteiger partial charge < -0.3 is 19.1 Å². The Morgan fingerprint density at radius 2 is 1.76 bits per heavy atom. The van der Waals surface area contributed by atoms with Crippen LogP contribution >= 0.6 is 11.3 Å². The summed E-state index contributed by atoms with van der Waals surface area (Å²) in [5, 5.41) is 2.78. The summed E-state index contributed by atoms with van der Waals surface area (Å²) in [6, 6.07) is 5.62. The minimum atomic E-state index is -0.517. The molecule has 0 fully saturated rings. The minimum Gasteiger partial charge on any atom is -0.497 e. The van der Waals surface area contributed by atoms with E-state index in [0.29, 0.717) is 18.0 Å². The normalized spacial score (nSPS) is 11.1. The van der Waals surface area contributed by atoms with Gasteiger partial charge in [0.2, 0.25) is 0 Å². The predicted octanol–water partition coefficient (Wildman–Crippen LogP) is 4.19. The fourth-order valence-electron chi connectivity index (χ4n) is 2.08. The van der Waals surface area contributed by atoms with Crippen molar-refractivity contribution in [3.8, 4) is 22.8 Å². The largest absolute Gasteiger partial charge is 0.497 e. The molecule has 0 saturated carbocycles. The number of nitrogens with zero attached hydrogens (tertiary/aromatic N) is 2. The molecule has 25 heavy (non-hydrogen) atoms. The lowest BCUT2D eigenvalue weighted by Crippen LogP contribution is -2.33. The highest BCUT2D eigenvalue weighted by atomic mass is 32.1. The molecule has 1 aromatic heterocycles. The lowest BCUT2D eigenvalue weighted by atomic mass is 10.1. The quantitative estimate of drug-likeness (QED) is 0.796. The van der Waals surface area contributed by atoms with E-state index in [-0.39, 0.29) is 6.09 Å². The lowest BCUT2D eigenvalue weighted by molar-refractivity contribution is 0.0285. The van der Waals surface area contributed by atoms with Gasteiger partial charge in [-0.25, -0.2) is 9.78 Å². The van der Waals surface area contributed by atoms with Gasteiger partial charge in [0.1, 0.15) is 22.1 Å². The molecule has 0 atom stereocenters. The lowest BCUT2D eigenvalue weighted by Gasteiger charge is -2.24. The van der Waals surface area contributed by atoms with Crippen LogP contribution < -0.4 is 9.47 Å². The van der Waals surface area contributed by atoms with E-state index >= 15 is 0 Å². The van der Waals surface area contributed by atoms with Crippen molar-refractivity contribution in [3.05, 3.63) is 28.6 Å². The Hall–Kier alpha value is -2.28. The summed E-state index contributed by atoms with van der Waals surface area (Å²) < 4.78 is 15.9. The van der Waals surface area contributed by atoms with Gasteiger partial charge >= 0.3 is 6.09 Å². The predicted molar refractivity (Wildman–Crippen MR) is 98.4 cm³/mol. The molecular formula is C18H24N2O4S. The molecule has 1 amide bonds. The van der Waals surface area contributed by atoms with Crippen molar-refractivity contribution in [2.45, 2.75) is 32.9 Å². The Morgan fingerprint density at radius 1 is 1.16 bits per heavy atom. The van der Waals surface area contributed by atoms with Gasteiger partial charge in [0.25, 0.3) is 0 Å². The van der Waals surface area contributed by atoms with Gasteiger partial charge in [-0.15, -0.1) is 11.3 Å². The molecular weight excluding hydrogens is 340 g/mol. The molecule has 0 saturated heterocycles. The van der Waals surface area contributed by atoms with Gasteiger partial charge in [0.05, 0.1) is 26.5 Å². The number of thiazole rings is 1. The number of amides is 1. The molecule has 0 radical (unpaired) electrons. The fraction of sp³-hybridized carbons (Fsp3) is 0.444. The van der Waals surface area contributed by atoms with Crippen molar-refractivity contribution >= 4 is 17.4 Å². The summed E-state index contributed by atoms with van der Waals surface area (Å²) in [4.78, 5) is 18.2. The van der Waals surface area contributed by atoms with E-state index in [1.807, 2.05) is 44.4 Å². The van der Waals surface area contributed by atoms with Crippen LogP contribution in [0.15, 0.2) is 23.6 Å². The molecule has 6 nitrogen and oxygen atoms in total. The number of hydrogen-bond donors (Lipinski definition) is 0. The zero-order valence-corrected chi connectivity index (χ0v) is 16.3. The van der Waals surface area contributed by atoms with Crippen molar-refractivity contribution in [2.24, 2.45) is 0 Å². The van der Waals surface area contributed by atoms with Gasteiger partial charge in [0, 0.05) is 24.1 Å². The highest BCUT2D eigenvalue weighted by molar-refractivity contribution is 7.09. The molecule has 0 bridgehead atoms. The zero-order chi connectivity index (χ0) is 18.6. The average molecular weight is 364 g/mol. The Labute approximate surface area is 152 Å². The van der Waals surface area contributed by atoms with Crippen molar-refractivity contribution in [3.63, 3.8) is 0 Å². The van der Waals surface area contributed by atoms with Crippen LogP contribution in [0.25, 0.3) is 11.3 Å². The van der Waals surface area contributed by atoms with Crippen LogP contribution in [0.1, 0.15) is 25.8 Å². The van der Waals surface area contributed by atoms with E-state index < -0.39 is 5.60 Å². The SMILES string of the molecule is COc1cc(OC)cc(-c2csc(CN(C)C(=O)OC(C)(C)C)n2)c1. The van der Waals surface area contributed by atoms with Crippen LogP contribution in [0.5, 0.6) is 11.5 Å². The molecule has 0 spiro atoms. The maximum atomic E-state index is 12.1. The first-order valence-corrected chi connectivity index (χ1v) is 8.72. The molecule has 0 N–H and O–H groups in total. The van der Waals surface area contributed by atoms with Crippen LogP contribution in [0, 0.1) is 0 Å². The van der Waals surface area contributed by atoms with E-state index in [2.05, 4.69) is 4.98 Å². The third-order valence-electron chi connectivity index (χ3n) is 3.28. The van der Waals surface area contributed by atoms with Crippen LogP contribution in [0.2, 0.25) is 0 Å². The number of carbonyl (C=O) groups is 1. The number of methoxy groups -OCH3 is 2. The Bertz CT molecular complexity index is 715. The topological polar surface area (TPSA) is 60.9 Å². The van der Waals surface area contributed by atoms with Crippen molar-refractivity contribution in [1.82, 2.24) is 9.88 Å². The maximum Gasteiger partial charge on any atom is 0.410 e. The smallest absolute Gasteiger partial charge is 0.410 e. The Balaban J connectivity index is 2.13. The highest BCUT2D eigenvalue weighted by Crippen LogP contribution is 2.30. The second-order valence-corrected chi connectivity index (χ2v) is 7.51. The van der Waals surface area contributed by atoms with Crippen molar-refractivity contribution in [2.75, 3.05) is 21.3 Å². The number of carbonyl (C=O) groups excluding carboxylic acids is 1. The molecule has 1 aromatic carbocycles. The van der Waals surface area contributed by atoms with Crippen molar-refractivity contribution < 1.29 is 19.0 Å². The fourth-order valence-corrected chi connectivity index (χ4v) is 2.93. The van der Waals surface area contributed by atoms with Gasteiger partial charge in [-0.1, -0.05) is 0 Å². The average Bonchev–Trinajstić information content (AvgIpc) is 3.01. The molecule has 7 heteroatoms. The zero-order valence-electron chi connectivity index (χ0n) is 15.5. The van der Waals surface area contributed by atoms with Gasteiger partial charge in [-0.3, -0.25) is 0 Å². The molecule has 2 rings (SSSR count). The van der Waals surface area contributed by atoms with Crippen LogP contribution in [0.4, 0.5) is 4.79 Å². The molecule has 2 aromatic rings. The first kappa shape index (κ1) is 19.1. The molecule has 1 heterocycles. The van der Waals surface area contributed by atoms with E-state index in [1.54, 1.807) is 21.3 Å². The first-order valence-electron chi connectivity index (χ1n) is 7.84. The highest BCUT2D eigenvalue weighted by Gasteiger charge is 2.20. The number of ether oxygens (including phenoxy) is 3. The number of hydrogen-bond acceptors (Lipinski definition) is 6. The van der Waals surface area contributed by atoms with E-state index in [1.165, 1.54) is 16.2 Å². The first-order chi connectivity index (χ1) is 11.7.